The standard InChI is InChI=1S/C23H34O3/c1-17(8-7-9-18(2)11-15-22-23(3,4)26-22)10-12-19-16-20(24-5)13-14-21(19)25-6/h9-10,13-14,16,22H,7-8,11-12,15H2,1-6H3/b17-10+,18-9+. The van der Waals surface area contributed by atoms with Crippen LogP contribution in [-0.4, -0.2) is 25.9 Å². The van der Waals surface area contributed by atoms with Crippen molar-refractivity contribution in [2.45, 2.75) is 71.5 Å². The van der Waals surface area contributed by atoms with Crippen LogP contribution in [-0.2, 0) is 11.2 Å². The van der Waals surface area contributed by atoms with E-state index in [1.807, 2.05) is 18.2 Å². The molecule has 1 unspecified atom stereocenters. The molecule has 26 heavy (non-hydrogen) atoms. The summed E-state index contributed by atoms with van der Waals surface area (Å²) in [5, 5.41) is 0. The second-order valence-electron chi connectivity index (χ2n) is 7.77. The van der Waals surface area contributed by atoms with Crippen molar-refractivity contribution in [1.82, 2.24) is 0 Å². The van der Waals surface area contributed by atoms with Crippen LogP contribution >= 0.6 is 0 Å². The minimum Gasteiger partial charge on any atom is -0.497 e. The normalized spacial score (nSPS) is 19.4. The highest BCUT2D eigenvalue weighted by Gasteiger charge is 2.46. The van der Waals surface area contributed by atoms with Gasteiger partial charge < -0.3 is 14.2 Å². The zero-order chi connectivity index (χ0) is 19.2. The van der Waals surface area contributed by atoms with E-state index in [4.69, 9.17) is 14.2 Å². The van der Waals surface area contributed by atoms with Crippen molar-refractivity contribution in [3.05, 3.63) is 47.1 Å². The Hall–Kier alpha value is -1.74. The molecule has 0 amide bonds. The van der Waals surface area contributed by atoms with Crippen molar-refractivity contribution in [3.63, 3.8) is 0 Å². The first-order valence-corrected chi connectivity index (χ1v) is 9.55. The van der Waals surface area contributed by atoms with Crippen LogP contribution in [0.25, 0.3) is 0 Å². The minimum absolute atomic E-state index is 0.112. The van der Waals surface area contributed by atoms with E-state index in [-0.39, 0.29) is 5.60 Å². The molecule has 1 heterocycles. The van der Waals surface area contributed by atoms with Gasteiger partial charge in [-0.05, 0) is 78.0 Å². The summed E-state index contributed by atoms with van der Waals surface area (Å²) in [6, 6.07) is 5.95. The van der Waals surface area contributed by atoms with Crippen molar-refractivity contribution < 1.29 is 14.2 Å². The zero-order valence-electron chi connectivity index (χ0n) is 17.2. The van der Waals surface area contributed by atoms with Crippen molar-refractivity contribution >= 4 is 0 Å². The van der Waals surface area contributed by atoms with E-state index >= 15 is 0 Å². The van der Waals surface area contributed by atoms with Gasteiger partial charge in [-0.1, -0.05) is 23.3 Å². The second-order valence-corrected chi connectivity index (χ2v) is 7.77. The topological polar surface area (TPSA) is 31.0 Å². The van der Waals surface area contributed by atoms with Gasteiger partial charge in [0.05, 0.1) is 25.9 Å². The smallest absolute Gasteiger partial charge is 0.122 e. The number of benzene rings is 1. The van der Waals surface area contributed by atoms with Crippen LogP contribution < -0.4 is 9.47 Å². The maximum absolute atomic E-state index is 5.65. The summed E-state index contributed by atoms with van der Waals surface area (Å²) in [6.45, 7) is 8.77. The Morgan fingerprint density at radius 3 is 2.38 bits per heavy atom. The van der Waals surface area contributed by atoms with Crippen LogP contribution in [0.4, 0.5) is 0 Å². The Bertz CT molecular complexity index is 655. The first-order chi connectivity index (χ1) is 12.4. The number of hydrogen-bond acceptors (Lipinski definition) is 3. The van der Waals surface area contributed by atoms with Gasteiger partial charge in [-0.2, -0.15) is 0 Å². The van der Waals surface area contributed by atoms with Crippen LogP contribution in [0.3, 0.4) is 0 Å². The minimum atomic E-state index is 0.112. The monoisotopic (exact) mass is 358 g/mol. The first-order valence-electron chi connectivity index (χ1n) is 9.55. The molecule has 0 radical (unpaired) electrons. The zero-order valence-corrected chi connectivity index (χ0v) is 17.2. The first kappa shape index (κ1) is 20.6. The van der Waals surface area contributed by atoms with Crippen molar-refractivity contribution in [3.8, 4) is 11.5 Å². The lowest BCUT2D eigenvalue weighted by molar-refractivity contribution is 0.320. The second kappa shape index (κ2) is 9.27. The largest absolute Gasteiger partial charge is 0.497 e. The predicted octanol–water partition coefficient (Wildman–Crippen LogP) is 5.88. The molecule has 0 spiro atoms. The highest BCUT2D eigenvalue weighted by atomic mass is 16.6. The summed E-state index contributed by atoms with van der Waals surface area (Å²) in [5.74, 6) is 1.78. The third-order valence-electron chi connectivity index (χ3n) is 5.15. The Balaban J connectivity index is 1.78. The molecule has 3 nitrogen and oxygen atoms in total. The van der Waals surface area contributed by atoms with E-state index < -0.39 is 0 Å². The maximum atomic E-state index is 5.65. The van der Waals surface area contributed by atoms with Crippen LogP contribution in [0.5, 0.6) is 11.5 Å². The van der Waals surface area contributed by atoms with Gasteiger partial charge in [-0.3, -0.25) is 0 Å². The number of hydrogen-bond donors (Lipinski definition) is 0. The molecule has 0 aliphatic carbocycles. The molecule has 144 valence electrons. The van der Waals surface area contributed by atoms with E-state index in [1.54, 1.807) is 14.2 Å². The highest BCUT2D eigenvalue weighted by Crippen LogP contribution is 2.39. The molecule has 0 N–H and O–H groups in total. The van der Waals surface area contributed by atoms with E-state index in [9.17, 15) is 0 Å². The van der Waals surface area contributed by atoms with Gasteiger partial charge in [-0.25, -0.2) is 0 Å². The number of rotatable bonds is 10. The summed E-state index contributed by atoms with van der Waals surface area (Å²) in [7, 11) is 3.40. The maximum Gasteiger partial charge on any atom is 0.122 e. The lowest BCUT2D eigenvalue weighted by Crippen LogP contribution is -2.02. The van der Waals surface area contributed by atoms with Gasteiger partial charge in [0.2, 0.25) is 0 Å². The molecule has 1 aromatic carbocycles. The van der Waals surface area contributed by atoms with Crippen LogP contribution in [0.1, 0.15) is 58.9 Å². The fourth-order valence-electron chi connectivity index (χ4n) is 3.17. The number of allylic oxidation sites excluding steroid dienone is 4. The molecule has 1 atom stereocenters. The quantitative estimate of drug-likeness (QED) is 0.387. The lowest BCUT2D eigenvalue weighted by atomic mass is 10.0. The Labute approximate surface area is 159 Å². The lowest BCUT2D eigenvalue weighted by Gasteiger charge is -2.09. The van der Waals surface area contributed by atoms with E-state index in [0.717, 1.165) is 49.2 Å². The van der Waals surface area contributed by atoms with Crippen LogP contribution in [0.2, 0.25) is 0 Å². The molecular weight excluding hydrogens is 324 g/mol. The van der Waals surface area contributed by atoms with Gasteiger partial charge in [0.15, 0.2) is 0 Å². The summed E-state index contributed by atoms with van der Waals surface area (Å²) in [5.41, 5.74) is 4.15. The highest BCUT2D eigenvalue weighted by molar-refractivity contribution is 5.41. The average molecular weight is 359 g/mol. The fourth-order valence-corrected chi connectivity index (χ4v) is 3.17. The predicted molar refractivity (Wildman–Crippen MR) is 108 cm³/mol. The molecule has 0 aromatic heterocycles. The van der Waals surface area contributed by atoms with Crippen LogP contribution in [0, 0.1) is 0 Å². The molecule has 1 saturated heterocycles. The summed E-state index contributed by atoms with van der Waals surface area (Å²) in [6.07, 6.45) is 10.4. The van der Waals surface area contributed by atoms with Crippen molar-refractivity contribution in [1.29, 1.82) is 0 Å². The number of ether oxygens (including phenoxy) is 3. The van der Waals surface area contributed by atoms with Gasteiger partial charge >= 0.3 is 0 Å². The van der Waals surface area contributed by atoms with Crippen molar-refractivity contribution in [2.24, 2.45) is 0 Å². The molecule has 0 saturated carbocycles. The van der Waals surface area contributed by atoms with E-state index in [1.165, 1.54) is 11.1 Å². The number of methoxy groups -OCH3 is 2. The van der Waals surface area contributed by atoms with Crippen molar-refractivity contribution in [2.75, 3.05) is 14.2 Å². The third-order valence-corrected chi connectivity index (χ3v) is 5.15. The summed E-state index contributed by atoms with van der Waals surface area (Å²) < 4.78 is 16.4. The molecule has 1 aliphatic rings. The molecular formula is C23H34O3. The van der Waals surface area contributed by atoms with E-state index in [0.29, 0.717) is 6.10 Å². The fraction of sp³-hybridized carbons (Fsp3) is 0.565. The van der Waals surface area contributed by atoms with Gasteiger partial charge in [0.1, 0.15) is 11.5 Å². The molecule has 3 heteroatoms. The number of epoxide rings is 1. The molecule has 1 aromatic rings. The van der Waals surface area contributed by atoms with Gasteiger partial charge in [0.25, 0.3) is 0 Å². The van der Waals surface area contributed by atoms with Gasteiger partial charge in [0, 0.05) is 5.56 Å². The van der Waals surface area contributed by atoms with Gasteiger partial charge in [-0.15, -0.1) is 0 Å². The Morgan fingerprint density at radius 1 is 1.08 bits per heavy atom. The Kier molecular flexibility index (Phi) is 7.33. The van der Waals surface area contributed by atoms with E-state index in [2.05, 4.69) is 39.8 Å². The Morgan fingerprint density at radius 2 is 1.77 bits per heavy atom. The molecule has 0 bridgehead atoms. The summed E-state index contributed by atoms with van der Waals surface area (Å²) >= 11 is 0. The SMILES string of the molecule is COc1ccc(OC)c(C/C=C(\C)CC/C=C(\C)CCC2OC2(C)C)c1. The molecule has 2 rings (SSSR count). The third kappa shape index (κ3) is 6.21. The average Bonchev–Trinajstić information content (AvgIpc) is 3.24. The molecule has 1 fully saturated rings. The van der Waals surface area contributed by atoms with Crippen LogP contribution in [0.15, 0.2) is 41.5 Å². The molecule has 1 aliphatic heterocycles. The summed E-state index contributed by atoms with van der Waals surface area (Å²) in [4.78, 5) is 0.